The molecule has 0 saturated carbocycles. The lowest BCUT2D eigenvalue weighted by atomic mass is 10.2. The number of halogens is 3. The molecule has 0 N–H and O–H groups in total. The van der Waals surface area contributed by atoms with E-state index >= 15 is 0 Å². The van der Waals surface area contributed by atoms with Crippen LogP contribution in [-0.4, -0.2) is 13.4 Å². The number of benzene rings is 2. The second kappa shape index (κ2) is 5.50. The zero-order valence-electron chi connectivity index (χ0n) is 10.9. The van der Waals surface area contributed by atoms with Gasteiger partial charge < -0.3 is 0 Å². The fraction of sp³-hybridized carbons (Fsp3) is 0. The zero-order valence-corrected chi connectivity index (χ0v) is 13.3. The van der Waals surface area contributed by atoms with Crippen LogP contribution >= 0.6 is 23.2 Å². The average Bonchev–Trinajstić information content (AvgIpc) is 2.47. The summed E-state index contributed by atoms with van der Waals surface area (Å²) in [7, 11) is -3.83. The van der Waals surface area contributed by atoms with Gasteiger partial charge in [0.25, 0.3) is 0 Å². The maximum Gasteiger partial charge on any atom is 0.209 e. The molecule has 3 nitrogen and oxygen atoms in total. The highest BCUT2D eigenvalue weighted by Gasteiger charge is 2.23. The SMILES string of the molecule is O=S(=O)(c1ccc(Cl)cc1)c1cnc2cc(F)ccc2c1Cl. The van der Waals surface area contributed by atoms with Gasteiger partial charge in [-0.15, -0.1) is 0 Å². The molecule has 0 saturated heterocycles. The maximum atomic E-state index is 13.2. The summed E-state index contributed by atoms with van der Waals surface area (Å²) < 4.78 is 38.5. The number of fused-ring (bicyclic) bond motifs is 1. The van der Waals surface area contributed by atoms with Crippen molar-refractivity contribution in [2.75, 3.05) is 0 Å². The molecule has 0 fully saturated rings. The van der Waals surface area contributed by atoms with Crippen molar-refractivity contribution in [2.45, 2.75) is 9.79 Å². The van der Waals surface area contributed by atoms with Gasteiger partial charge >= 0.3 is 0 Å². The number of rotatable bonds is 2. The van der Waals surface area contributed by atoms with Gasteiger partial charge in [-0.2, -0.15) is 0 Å². The number of hydrogen-bond acceptors (Lipinski definition) is 3. The van der Waals surface area contributed by atoms with Crippen LogP contribution < -0.4 is 0 Å². The van der Waals surface area contributed by atoms with Crippen LogP contribution in [0.15, 0.2) is 58.5 Å². The van der Waals surface area contributed by atoms with E-state index in [1.54, 1.807) is 0 Å². The van der Waals surface area contributed by atoms with E-state index in [9.17, 15) is 12.8 Å². The van der Waals surface area contributed by atoms with Gasteiger partial charge in [-0.1, -0.05) is 23.2 Å². The molecule has 0 aliphatic rings. The first-order chi connectivity index (χ1) is 10.4. The third kappa shape index (κ3) is 2.56. The molecule has 3 aromatic rings. The van der Waals surface area contributed by atoms with Crippen molar-refractivity contribution in [2.24, 2.45) is 0 Å². The predicted octanol–water partition coefficient (Wildman–Crippen LogP) is 4.51. The predicted molar refractivity (Wildman–Crippen MR) is 83.6 cm³/mol. The molecule has 112 valence electrons. The first-order valence-electron chi connectivity index (χ1n) is 6.14. The summed E-state index contributed by atoms with van der Waals surface area (Å²) in [5.74, 6) is -0.468. The first kappa shape index (κ1) is 15.2. The summed E-state index contributed by atoms with van der Waals surface area (Å²) in [6.07, 6.45) is 1.13. The van der Waals surface area contributed by atoms with Crippen molar-refractivity contribution >= 4 is 43.9 Å². The van der Waals surface area contributed by atoms with Crippen LogP contribution in [0.1, 0.15) is 0 Å². The van der Waals surface area contributed by atoms with Crippen molar-refractivity contribution in [1.82, 2.24) is 4.98 Å². The van der Waals surface area contributed by atoms with Gasteiger partial charge in [0.1, 0.15) is 10.7 Å². The Labute approximate surface area is 136 Å². The van der Waals surface area contributed by atoms with Gasteiger partial charge in [0.15, 0.2) is 0 Å². The van der Waals surface area contributed by atoms with Crippen molar-refractivity contribution in [3.05, 3.63) is 64.5 Å². The highest BCUT2D eigenvalue weighted by Crippen LogP contribution is 2.32. The van der Waals surface area contributed by atoms with E-state index in [1.165, 1.54) is 42.5 Å². The molecular formula is C15H8Cl2FNO2S. The number of sulfone groups is 1. The van der Waals surface area contributed by atoms with Crippen molar-refractivity contribution < 1.29 is 12.8 Å². The molecule has 0 atom stereocenters. The van der Waals surface area contributed by atoms with Crippen LogP contribution in [0.4, 0.5) is 4.39 Å². The molecule has 0 bridgehead atoms. The van der Waals surface area contributed by atoms with E-state index in [1.807, 2.05) is 0 Å². The molecule has 1 aromatic heterocycles. The third-order valence-electron chi connectivity index (χ3n) is 3.15. The second-order valence-corrected chi connectivity index (χ2v) is 7.29. The molecule has 3 rings (SSSR count). The molecule has 1 heterocycles. The van der Waals surface area contributed by atoms with Gasteiger partial charge in [0, 0.05) is 22.7 Å². The standard InChI is InChI=1S/C15H8Cl2FNO2S/c16-9-1-4-11(5-2-9)22(20,21)14-8-19-13-7-10(18)3-6-12(13)15(14)17/h1-8H. The topological polar surface area (TPSA) is 47.0 Å². The summed E-state index contributed by atoms with van der Waals surface area (Å²) in [6.45, 7) is 0. The Balaban J connectivity index is 2.23. The first-order valence-corrected chi connectivity index (χ1v) is 8.38. The van der Waals surface area contributed by atoms with Gasteiger partial charge in [0.05, 0.1) is 15.4 Å². The Hall–Kier alpha value is -1.69. The fourth-order valence-corrected chi connectivity index (χ4v) is 3.97. The molecule has 0 spiro atoms. The fourth-order valence-electron chi connectivity index (χ4n) is 2.04. The van der Waals surface area contributed by atoms with Crippen molar-refractivity contribution in [3.8, 4) is 0 Å². The molecular weight excluding hydrogens is 348 g/mol. The molecule has 2 aromatic carbocycles. The normalized spacial score (nSPS) is 11.8. The number of nitrogens with zero attached hydrogens (tertiary/aromatic N) is 1. The summed E-state index contributed by atoms with van der Waals surface area (Å²) in [6, 6.07) is 9.54. The summed E-state index contributed by atoms with van der Waals surface area (Å²) in [5, 5.41) is 0.815. The Kier molecular flexibility index (Phi) is 3.80. The number of pyridine rings is 1. The van der Waals surface area contributed by atoms with E-state index in [0.29, 0.717) is 15.9 Å². The summed E-state index contributed by atoms with van der Waals surface area (Å²) >= 11 is 12.0. The summed E-state index contributed by atoms with van der Waals surface area (Å²) in [4.78, 5) is 3.91. The quantitative estimate of drug-likeness (QED) is 0.679. The Morgan fingerprint density at radius 1 is 1.00 bits per heavy atom. The lowest BCUT2D eigenvalue weighted by Crippen LogP contribution is -2.04. The zero-order chi connectivity index (χ0) is 15.9. The number of aromatic nitrogens is 1. The van der Waals surface area contributed by atoms with Crippen molar-refractivity contribution in [3.63, 3.8) is 0 Å². The third-order valence-corrected chi connectivity index (χ3v) is 5.70. The van der Waals surface area contributed by atoms with Crippen LogP contribution in [0.5, 0.6) is 0 Å². The van der Waals surface area contributed by atoms with E-state index < -0.39 is 15.7 Å². The van der Waals surface area contributed by atoms with Gasteiger partial charge in [-0.05, 0) is 36.4 Å². The molecule has 0 radical (unpaired) electrons. The monoisotopic (exact) mass is 355 g/mol. The maximum absolute atomic E-state index is 13.2. The van der Waals surface area contributed by atoms with Crippen LogP contribution in [0.3, 0.4) is 0 Å². The smallest absolute Gasteiger partial charge is 0.209 e. The molecule has 0 unspecified atom stereocenters. The van der Waals surface area contributed by atoms with Gasteiger partial charge in [-0.25, -0.2) is 12.8 Å². The summed E-state index contributed by atoms with van der Waals surface area (Å²) in [5.41, 5.74) is 0.292. The number of hydrogen-bond donors (Lipinski definition) is 0. The van der Waals surface area contributed by atoms with Crippen LogP contribution in [0.25, 0.3) is 10.9 Å². The molecule has 0 aliphatic carbocycles. The van der Waals surface area contributed by atoms with Crippen LogP contribution in [0, 0.1) is 5.82 Å². The van der Waals surface area contributed by atoms with E-state index in [-0.39, 0.29) is 14.8 Å². The second-order valence-electron chi connectivity index (χ2n) is 4.56. The molecule has 7 heteroatoms. The minimum absolute atomic E-state index is 0.0138. The molecule has 0 amide bonds. The lowest BCUT2D eigenvalue weighted by molar-refractivity contribution is 0.596. The molecule has 22 heavy (non-hydrogen) atoms. The van der Waals surface area contributed by atoms with Crippen LogP contribution in [-0.2, 0) is 9.84 Å². The van der Waals surface area contributed by atoms with E-state index in [4.69, 9.17) is 23.2 Å². The Bertz CT molecular complexity index is 973. The largest absolute Gasteiger partial charge is 0.255 e. The average molecular weight is 356 g/mol. The Morgan fingerprint density at radius 2 is 1.68 bits per heavy atom. The minimum atomic E-state index is -3.83. The highest BCUT2D eigenvalue weighted by atomic mass is 35.5. The minimum Gasteiger partial charge on any atom is -0.255 e. The molecule has 0 aliphatic heterocycles. The van der Waals surface area contributed by atoms with E-state index in [0.717, 1.165) is 6.20 Å². The van der Waals surface area contributed by atoms with Crippen molar-refractivity contribution in [1.29, 1.82) is 0 Å². The Morgan fingerprint density at radius 3 is 2.36 bits per heavy atom. The van der Waals surface area contributed by atoms with Gasteiger partial charge in [-0.3, -0.25) is 4.98 Å². The highest BCUT2D eigenvalue weighted by molar-refractivity contribution is 7.91. The van der Waals surface area contributed by atoms with E-state index in [2.05, 4.69) is 4.98 Å². The van der Waals surface area contributed by atoms with Gasteiger partial charge in [0.2, 0.25) is 9.84 Å². The van der Waals surface area contributed by atoms with Crippen LogP contribution in [0.2, 0.25) is 10.0 Å². The lowest BCUT2D eigenvalue weighted by Gasteiger charge is -2.09.